The van der Waals surface area contributed by atoms with Gasteiger partial charge in [0.05, 0.1) is 6.26 Å². The molecule has 2 heterocycles. The number of furan rings is 1. The number of hydrogen-bond donors (Lipinski definition) is 2. The molecule has 182 valence electrons. The zero-order valence-corrected chi connectivity index (χ0v) is 22.3. The zero-order valence-electron chi connectivity index (χ0n) is 20.0. The van der Waals surface area contributed by atoms with Gasteiger partial charge in [-0.25, -0.2) is 0 Å². The number of likely N-dealkylation sites (tertiary alicyclic amines) is 1. The van der Waals surface area contributed by atoms with Gasteiger partial charge in [0.15, 0.2) is 5.96 Å². The van der Waals surface area contributed by atoms with Crippen LogP contribution < -0.4 is 10.6 Å². The molecule has 1 amide bonds. The summed E-state index contributed by atoms with van der Waals surface area (Å²) in [5, 5.41) is 7.10. The summed E-state index contributed by atoms with van der Waals surface area (Å²) in [6.45, 7) is 7.33. The van der Waals surface area contributed by atoms with Crippen molar-refractivity contribution < 1.29 is 9.21 Å². The van der Waals surface area contributed by atoms with Gasteiger partial charge in [-0.15, -0.1) is 24.0 Å². The maximum absolute atomic E-state index is 12.7. The van der Waals surface area contributed by atoms with Crippen LogP contribution in [0.2, 0.25) is 0 Å². The molecule has 6 nitrogen and oxygen atoms in total. The van der Waals surface area contributed by atoms with E-state index in [2.05, 4.69) is 48.7 Å². The number of carbonyl (C=O) groups excluding carboxylic acids is 1. The third-order valence-electron chi connectivity index (χ3n) is 6.24. The van der Waals surface area contributed by atoms with Crippen LogP contribution in [0.1, 0.15) is 50.9 Å². The summed E-state index contributed by atoms with van der Waals surface area (Å²) in [6, 6.07) is 14.7. The average molecular weight is 567 g/mol. The summed E-state index contributed by atoms with van der Waals surface area (Å²) in [6.07, 6.45) is 7.17. The first-order chi connectivity index (χ1) is 15.7. The molecule has 0 unspecified atom stereocenters. The first-order valence-corrected chi connectivity index (χ1v) is 12.1. The van der Waals surface area contributed by atoms with Crippen molar-refractivity contribution in [2.45, 2.75) is 58.4 Å². The molecule has 1 saturated heterocycles. The Hall–Kier alpha value is -2.03. The van der Waals surface area contributed by atoms with Gasteiger partial charge in [0.1, 0.15) is 5.76 Å². The highest BCUT2D eigenvalue weighted by Crippen LogP contribution is 2.17. The van der Waals surface area contributed by atoms with E-state index < -0.39 is 0 Å². The molecule has 2 aromatic rings. The number of hydrogen-bond acceptors (Lipinski definition) is 3. The van der Waals surface area contributed by atoms with Crippen molar-refractivity contribution in [1.29, 1.82) is 0 Å². The van der Waals surface area contributed by atoms with Gasteiger partial charge in [-0.1, -0.05) is 44.2 Å². The Bertz CT molecular complexity index is 814. The summed E-state index contributed by atoms with van der Waals surface area (Å²) in [4.78, 5) is 19.5. The van der Waals surface area contributed by atoms with Gasteiger partial charge in [-0.2, -0.15) is 0 Å². The lowest BCUT2D eigenvalue weighted by Crippen LogP contribution is -2.51. The molecule has 2 N–H and O–H groups in total. The lowest BCUT2D eigenvalue weighted by Gasteiger charge is -2.35. The highest BCUT2D eigenvalue weighted by Gasteiger charge is 2.26. The van der Waals surface area contributed by atoms with E-state index in [1.807, 2.05) is 23.1 Å². The fraction of sp³-hybridized carbons (Fsp3) is 0.538. The number of carbonyl (C=O) groups is 1. The van der Waals surface area contributed by atoms with Crippen LogP contribution in [-0.2, 0) is 17.6 Å². The SMILES string of the molecule is CCC(CC)C(=O)N1CCC(NC(=NCCc2ccco2)NCCc2ccccc2)CC1.I. The van der Waals surface area contributed by atoms with Crippen LogP contribution in [0, 0.1) is 5.92 Å². The molecule has 1 aliphatic rings. The Kier molecular flexibility index (Phi) is 12.4. The van der Waals surface area contributed by atoms with Crippen LogP contribution in [0.4, 0.5) is 0 Å². The Labute approximate surface area is 215 Å². The molecular formula is C26H39IN4O2. The lowest BCUT2D eigenvalue weighted by molar-refractivity contribution is -0.136. The number of piperidine rings is 1. The number of halogens is 1. The van der Waals surface area contributed by atoms with Gasteiger partial charge in [-0.3, -0.25) is 9.79 Å². The highest BCUT2D eigenvalue weighted by molar-refractivity contribution is 14.0. The van der Waals surface area contributed by atoms with E-state index in [0.29, 0.717) is 18.5 Å². The van der Waals surface area contributed by atoms with Crippen LogP contribution in [0.3, 0.4) is 0 Å². The minimum absolute atomic E-state index is 0. The first-order valence-electron chi connectivity index (χ1n) is 12.1. The first kappa shape index (κ1) is 27.2. The number of benzene rings is 1. The standard InChI is InChI=1S/C26H38N4O2.HI/c1-3-22(4-2)25(31)30-18-14-23(15-19-30)29-26(28-17-13-24-11-8-20-32-24)27-16-12-21-9-6-5-7-10-21;/h5-11,20,22-23H,3-4,12-19H2,1-2H3,(H2,27,28,29);1H. The zero-order chi connectivity index (χ0) is 22.6. The molecule has 0 bridgehead atoms. The number of aliphatic imine (C=N–C) groups is 1. The van der Waals surface area contributed by atoms with E-state index in [1.54, 1.807) is 6.26 Å². The van der Waals surface area contributed by atoms with Crippen LogP contribution in [0.5, 0.6) is 0 Å². The maximum atomic E-state index is 12.7. The second-order valence-corrected chi connectivity index (χ2v) is 8.48. The average Bonchev–Trinajstić information content (AvgIpc) is 3.34. The third kappa shape index (κ3) is 9.02. The normalized spacial score (nSPS) is 14.8. The summed E-state index contributed by atoms with van der Waals surface area (Å²) >= 11 is 0. The molecule has 1 aliphatic heterocycles. The molecule has 3 rings (SSSR count). The van der Waals surface area contributed by atoms with E-state index >= 15 is 0 Å². The van der Waals surface area contributed by atoms with E-state index in [-0.39, 0.29) is 29.9 Å². The smallest absolute Gasteiger partial charge is 0.225 e. The quantitative estimate of drug-likeness (QED) is 0.250. The number of nitrogens with one attached hydrogen (secondary N) is 2. The molecule has 0 saturated carbocycles. The molecule has 0 spiro atoms. The van der Waals surface area contributed by atoms with E-state index in [9.17, 15) is 4.79 Å². The van der Waals surface area contributed by atoms with E-state index in [0.717, 1.165) is 69.9 Å². The third-order valence-corrected chi connectivity index (χ3v) is 6.24. The van der Waals surface area contributed by atoms with Crippen LogP contribution in [-0.4, -0.2) is 49.0 Å². The van der Waals surface area contributed by atoms with E-state index in [4.69, 9.17) is 9.41 Å². The summed E-state index contributed by atoms with van der Waals surface area (Å²) in [7, 11) is 0. The predicted octanol–water partition coefficient (Wildman–Crippen LogP) is 4.65. The van der Waals surface area contributed by atoms with Crippen molar-refractivity contribution in [3.63, 3.8) is 0 Å². The number of nitrogens with zero attached hydrogens (tertiary/aromatic N) is 2. The van der Waals surface area contributed by atoms with Crippen molar-refractivity contribution in [2.24, 2.45) is 10.9 Å². The number of guanidine groups is 1. The molecule has 1 aromatic carbocycles. The molecule has 0 radical (unpaired) electrons. The van der Waals surface area contributed by atoms with Crippen molar-refractivity contribution >= 4 is 35.8 Å². The van der Waals surface area contributed by atoms with Gasteiger partial charge >= 0.3 is 0 Å². The van der Waals surface area contributed by atoms with Crippen LogP contribution in [0.25, 0.3) is 0 Å². The second kappa shape index (κ2) is 15.0. The van der Waals surface area contributed by atoms with Crippen molar-refractivity contribution in [3.8, 4) is 0 Å². The summed E-state index contributed by atoms with van der Waals surface area (Å²) < 4.78 is 5.43. The second-order valence-electron chi connectivity index (χ2n) is 8.48. The van der Waals surface area contributed by atoms with Gasteiger partial charge in [0.2, 0.25) is 5.91 Å². The van der Waals surface area contributed by atoms with Gasteiger partial charge < -0.3 is 20.0 Å². The van der Waals surface area contributed by atoms with Crippen molar-refractivity contribution in [1.82, 2.24) is 15.5 Å². The number of rotatable bonds is 10. The Morgan fingerprint density at radius 3 is 2.45 bits per heavy atom. The van der Waals surface area contributed by atoms with Gasteiger partial charge in [0, 0.05) is 44.6 Å². The molecule has 1 aromatic heterocycles. The summed E-state index contributed by atoms with van der Waals surface area (Å²) in [5.74, 6) is 2.28. The largest absolute Gasteiger partial charge is 0.469 e. The lowest BCUT2D eigenvalue weighted by atomic mass is 9.98. The van der Waals surface area contributed by atoms with E-state index in [1.165, 1.54) is 5.56 Å². The molecule has 1 fully saturated rings. The van der Waals surface area contributed by atoms with Gasteiger partial charge in [-0.05, 0) is 49.8 Å². The van der Waals surface area contributed by atoms with Crippen LogP contribution in [0.15, 0.2) is 58.1 Å². The monoisotopic (exact) mass is 566 g/mol. The Morgan fingerprint density at radius 1 is 1.09 bits per heavy atom. The van der Waals surface area contributed by atoms with Gasteiger partial charge in [0.25, 0.3) is 0 Å². The van der Waals surface area contributed by atoms with Crippen molar-refractivity contribution in [3.05, 3.63) is 60.1 Å². The summed E-state index contributed by atoms with van der Waals surface area (Å²) in [5.41, 5.74) is 1.31. The molecule has 0 atom stereocenters. The highest BCUT2D eigenvalue weighted by atomic mass is 127. The minimum Gasteiger partial charge on any atom is -0.469 e. The van der Waals surface area contributed by atoms with Crippen LogP contribution >= 0.6 is 24.0 Å². The molecule has 7 heteroatoms. The minimum atomic E-state index is 0. The fourth-order valence-electron chi connectivity index (χ4n) is 4.19. The van der Waals surface area contributed by atoms with Crippen molar-refractivity contribution in [2.75, 3.05) is 26.2 Å². The predicted molar refractivity (Wildman–Crippen MR) is 145 cm³/mol. The topological polar surface area (TPSA) is 69.9 Å². The molecular weight excluding hydrogens is 527 g/mol. The Balaban J connectivity index is 0.00000385. The fourth-order valence-corrected chi connectivity index (χ4v) is 4.19. The molecule has 0 aliphatic carbocycles. The maximum Gasteiger partial charge on any atom is 0.225 e. The Morgan fingerprint density at radius 2 is 1.82 bits per heavy atom. The molecule has 33 heavy (non-hydrogen) atoms. The number of amides is 1.